The Kier molecular flexibility index (Phi) is 13.5. The molecule has 0 aromatic carbocycles. The monoisotopic (exact) mass is 275 g/mol. The van der Waals surface area contributed by atoms with Crippen molar-refractivity contribution in [2.24, 2.45) is 10.9 Å². The van der Waals surface area contributed by atoms with Gasteiger partial charge in [-0.25, -0.2) is 0 Å². The first kappa shape index (κ1) is 18.9. The lowest BCUT2D eigenvalue weighted by molar-refractivity contribution is 0.499. The fourth-order valence-electron chi connectivity index (χ4n) is 2.41. The van der Waals surface area contributed by atoms with Crippen LogP contribution >= 0.6 is 0 Å². The largest absolute Gasteiger partial charge is 0.261 e. The van der Waals surface area contributed by atoms with Crippen LogP contribution < -0.4 is 0 Å². The maximum Gasteiger partial charge on any atom is 0.0428 e. The van der Waals surface area contributed by atoms with Gasteiger partial charge in [0.15, 0.2) is 0 Å². The molecule has 0 aromatic heterocycles. The van der Waals surface area contributed by atoms with Crippen molar-refractivity contribution in [1.82, 2.24) is 0 Å². The number of hydrogen-bond donors (Lipinski definition) is 0. The average Bonchev–Trinajstić information content (AvgIpc) is 2.47. The minimum Gasteiger partial charge on any atom is -0.261 e. The second kappa shape index (κ2) is 14.3. The van der Waals surface area contributed by atoms with Crippen LogP contribution in [0.1, 0.15) is 71.6 Å². The first-order chi connectivity index (χ1) is 9.79. The van der Waals surface area contributed by atoms with Gasteiger partial charge in [-0.05, 0) is 25.0 Å². The van der Waals surface area contributed by atoms with Crippen molar-refractivity contribution in [1.29, 1.82) is 0 Å². The highest BCUT2D eigenvalue weighted by Gasteiger charge is 2.12. The molecule has 0 heterocycles. The predicted octanol–water partition coefficient (Wildman–Crippen LogP) is 6.48. The van der Waals surface area contributed by atoms with Crippen LogP contribution in [0.2, 0.25) is 0 Å². The summed E-state index contributed by atoms with van der Waals surface area (Å²) in [5.41, 5.74) is 1.15. The summed E-state index contributed by atoms with van der Waals surface area (Å²) in [6, 6.07) is 0. The lowest BCUT2D eigenvalue weighted by atomic mass is 9.90. The van der Waals surface area contributed by atoms with Crippen molar-refractivity contribution < 1.29 is 0 Å². The number of allylic oxidation sites excluding steroid dienone is 3. The van der Waals surface area contributed by atoms with Crippen LogP contribution in [0.5, 0.6) is 0 Å². The molecular formula is C19H33N. The van der Waals surface area contributed by atoms with Gasteiger partial charge in [0, 0.05) is 17.8 Å². The molecule has 0 aliphatic heterocycles. The Morgan fingerprint density at radius 2 is 1.55 bits per heavy atom. The summed E-state index contributed by atoms with van der Waals surface area (Å²) in [5.74, 6) is 0.574. The Hall–Kier alpha value is -1.11. The highest BCUT2D eigenvalue weighted by Crippen LogP contribution is 2.20. The highest BCUT2D eigenvalue weighted by atomic mass is 14.7. The van der Waals surface area contributed by atoms with E-state index in [1.807, 2.05) is 18.4 Å². The summed E-state index contributed by atoms with van der Waals surface area (Å²) < 4.78 is 0. The minimum absolute atomic E-state index is 0.574. The molecule has 1 unspecified atom stereocenters. The maximum absolute atomic E-state index is 4.56. The molecule has 0 aliphatic carbocycles. The van der Waals surface area contributed by atoms with E-state index in [0.717, 1.165) is 5.71 Å². The van der Waals surface area contributed by atoms with E-state index < -0.39 is 0 Å². The zero-order valence-electron chi connectivity index (χ0n) is 13.6. The lowest BCUT2D eigenvalue weighted by Crippen LogP contribution is -2.12. The van der Waals surface area contributed by atoms with Crippen LogP contribution in [-0.4, -0.2) is 5.71 Å². The fraction of sp³-hybridized carbons (Fsp3) is 0.632. The van der Waals surface area contributed by atoms with Gasteiger partial charge in [0.2, 0.25) is 0 Å². The SMILES string of the molecule is C=C/C=C\N=C(/C=C)C(CCCCC)CCCCCC. The van der Waals surface area contributed by atoms with Crippen molar-refractivity contribution in [3.63, 3.8) is 0 Å². The molecule has 0 bridgehead atoms. The van der Waals surface area contributed by atoms with Crippen LogP contribution in [0.15, 0.2) is 42.6 Å². The molecule has 1 nitrogen and oxygen atoms in total. The Morgan fingerprint density at radius 1 is 0.950 bits per heavy atom. The minimum atomic E-state index is 0.574. The topological polar surface area (TPSA) is 12.4 Å². The quantitative estimate of drug-likeness (QED) is 0.207. The van der Waals surface area contributed by atoms with Crippen molar-refractivity contribution in [2.75, 3.05) is 0 Å². The fourth-order valence-corrected chi connectivity index (χ4v) is 2.41. The van der Waals surface area contributed by atoms with E-state index in [1.165, 1.54) is 57.8 Å². The molecule has 0 radical (unpaired) electrons. The van der Waals surface area contributed by atoms with Gasteiger partial charge in [-0.3, -0.25) is 4.99 Å². The first-order valence-electron chi connectivity index (χ1n) is 8.27. The number of rotatable bonds is 13. The van der Waals surface area contributed by atoms with E-state index in [0.29, 0.717) is 5.92 Å². The molecule has 0 saturated heterocycles. The van der Waals surface area contributed by atoms with Crippen LogP contribution in [-0.2, 0) is 0 Å². The molecule has 0 amide bonds. The van der Waals surface area contributed by atoms with Gasteiger partial charge < -0.3 is 0 Å². The van der Waals surface area contributed by atoms with E-state index in [1.54, 1.807) is 6.08 Å². The Morgan fingerprint density at radius 3 is 2.10 bits per heavy atom. The summed E-state index contributed by atoms with van der Waals surface area (Å²) in [6.45, 7) is 12.1. The van der Waals surface area contributed by atoms with Gasteiger partial charge >= 0.3 is 0 Å². The number of hydrogen-bond acceptors (Lipinski definition) is 1. The van der Waals surface area contributed by atoms with Crippen LogP contribution in [0, 0.1) is 5.92 Å². The van der Waals surface area contributed by atoms with Crippen molar-refractivity contribution in [2.45, 2.75) is 71.6 Å². The molecule has 0 fully saturated rings. The molecule has 0 spiro atoms. The van der Waals surface area contributed by atoms with Gasteiger partial charge in [-0.2, -0.15) is 0 Å². The van der Waals surface area contributed by atoms with Crippen molar-refractivity contribution in [3.8, 4) is 0 Å². The predicted molar refractivity (Wildman–Crippen MR) is 93.4 cm³/mol. The molecule has 0 rings (SSSR count). The molecule has 0 saturated carbocycles. The van der Waals surface area contributed by atoms with Gasteiger partial charge in [0.1, 0.15) is 0 Å². The zero-order chi connectivity index (χ0) is 15.1. The summed E-state index contributed by atoms with van der Waals surface area (Å²) in [5, 5.41) is 0. The first-order valence-corrected chi connectivity index (χ1v) is 8.27. The molecular weight excluding hydrogens is 242 g/mol. The molecule has 0 aromatic rings. The number of unbranched alkanes of at least 4 members (excludes halogenated alkanes) is 5. The number of aliphatic imine (C=N–C) groups is 1. The van der Waals surface area contributed by atoms with E-state index in [-0.39, 0.29) is 0 Å². The molecule has 0 N–H and O–H groups in total. The van der Waals surface area contributed by atoms with Gasteiger partial charge in [0.05, 0.1) is 0 Å². The van der Waals surface area contributed by atoms with E-state index in [2.05, 4.69) is 32.0 Å². The second-order valence-electron chi connectivity index (χ2n) is 5.38. The van der Waals surface area contributed by atoms with Crippen molar-refractivity contribution >= 4 is 5.71 Å². The Balaban J connectivity index is 4.50. The van der Waals surface area contributed by atoms with E-state index in [4.69, 9.17) is 0 Å². The van der Waals surface area contributed by atoms with Gasteiger partial charge in [0.25, 0.3) is 0 Å². The second-order valence-corrected chi connectivity index (χ2v) is 5.38. The van der Waals surface area contributed by atoms with E-state index in [9.17, 15) is 0 Å². The van der Waals surface area contributed by atoms with Crippen molar-refractivity contribution in [3.05, 3.63) is 37.6 Å². The maximum atomic E-state index is 4.56. The summed E-state index contributed by atoms with van der Waals surface area (Å²) in [4.78, 5) is 4.56. The molecule has 1 heteroatoms. The normalized spacial score (nSPS) is 13.6. The van der Waals surface area contributed by atoms with E-state index >= 15 is 0 Å². The average molecular weight is 275 g/mol. The molecule has 114 valence electrons. The lowest BCUT2D eigenvalue weighted by Gasteiger charge is -2.16. The third-order valence-electron chi connectivity index (χ3n) is 3.64. The highest BCUT2D eigenvalue weighted by molar-refractivity contribution is 5.96. The van der Waals surface area contributed by atoms with Gasteiger partial charge in [-0.1, -0.05) is 78.0 Å². The smallest absolute Gasteiger partial charge is 0.0428 e. The molecule has 20 heavy (non-hydrogen) atoms. The number of nitrogens with zero attached hydrogens (tertiary/aromatic N) is 1. The Bertz CT molecular complexity index is 299. The zero-order valence-corrected chi connectivity index (χ0v) is 13.6. The summed E-state index contributed by atoms with van der Waals surface area (Å²) in [7, 11) is 0. The Labute approximate surface area is 126 Å². The third-order valence-corrected chi connectivity index (χ3v) is 3.64. The third kappa shape index (κ3) is 9.77. The van der Waals surface area contributed by atoms with Crippen LogP contribution in [0.4, 0.5) is 0 Å². The standard InChI is InChI=1S/C19H33N/c1-5-9-12-14-16-18(15-13-10-6-2)19(8-4)20-17-11-7-3/h7-8,11,17-18H,3-6,9-10,12-16H2,1-2H3/b17-11-,20-19+. The van der Waals surface area contributed by atoms with Crippen LogP contribution in [0.3, 0.4) is 0 Å². The molecule has 1 atom stereocenters. The van der Waals surface area contributed by atoms with Crippen LogP contribution in [0.25, 0.3) is 0 Å². The summed E-state index contributed by atoms with van der Waals surface area (Å²) >= 11 is 0. The summed E-state index contributed by atoms with van der Waals surface area (Å²) in [6.07, 6.45) is 19.1. The van der Waals surface area contributed by atoms with Gasteiger partial charge in [-0.15, -0.1) is 0 Å². The molecule has 0 aliphatic rings.